The summed E-state index contributed by atoms with van der Waals surface area (Å²) in [6, 6.07) is 7.36. The Morgan fingerprint density at radius 2 is 1.88 bits per heavy atom. The van der Waals surface area contributed by atoms with E-state index in [1.54, 1.807) is 32.8 Å². The van der Waals surface area contributed by atoms with E-state index in [0.29, 0.717) is 13.1 Å². The van der Waals surface area contributed by atoms with Crippen molar-refractivity contribution in [1.29, 1.82) is 0 Å². The first kappa shape index (κ1) is 20.2. The van der Waals surface area contributed by atoms with Gasteiger partial charge in [0.2, 0.25) is 0 Å². The smallest absolute Gasteiger partial charge is 0.341 e. The number of ether oxygens (including phenoxy) is 3. The molecule has 1 N–H and O–H groups in total. The second-order valence-electron chi connectivity index (χ2n) is 7.51. The highest BCUT2D eigenvalue weighted by molar-refractivity contribution is 5.92. The van der Waals surface area contributed by atoms with Gasteiger partial charge in [-0.1, -0.05) is 12.1 Å². The van der Waals surface area contributed by atoms with Crippen molar-refractivity contribution in [2.75, 3.05) is 20.3 Å². The van der Waals surface area contributed by atoms with Gasteiger partial charge in [-0.05, 0) is 45.4 Å². The third-order valence-electron chi connectivity index (χ3n) is 4.04. The van der Waals surface area contributed by atoms with Crippen LogP contribution in [-0.2, 0) is 25.6 Å². The first-order valence-corrected chi connectivity index (χ1v) is 8.54. The lowest BCUT2D eigenvalue weighted by molar-refractivity contribution is -0.202. The Hall–Kier alpha value is -2.12. The third-order valence-corrected chi connectivity index (χ3v) is 4.04. The Morgan fingerprint density at radius 1 is 1.27 bits per heavy atom. The molecular formula is C19H27NO6. The molecule has 0 bridgehead atoms. The second kappa shape index (κ2) is 7.63. The molecule has 26 heavy (non-hydrogen) atoms. The Morgan fingerprint density at radius 3 is 2.42 bits per heavy atom. The van der Waals surface area contributed by atoms with E-state index in [2.05, 4.69) is 0 Å². The minimum absolute atomic E-state index is 0.228. The predicted octanol–water partition coefficient (Wildman–Crippen LogP) is 1.52. The van der Waals surface area contributed by atoms with Crippen molar-refractivity contribution >= 4 is 11.9 Å². The number of aliphatic hydroxyl groups is 1. The number of esters is 1. The van der Waals surface area contributed by atoms with Crippen molar-refractivity contribution in [2.24, 2.45) is 0 Å². The lowest BCUT2D eigenvalue weighted by Gasteiger charge is -2.39. The highest BCUT2D eigenvalue weighted by atomic mass is 16.6. The van der Waals surface area contributed by atoms with E-state index < -0.39 is 29.2 Å². The van der Waals surface area contributed by atoms with E-state index in [1.165, 1.54) is 6.92 Å². The van der Waals surface area contributed by atoms with Gasteiger partial charge >= 0.3 is 5.97 Å². The van der Waals surface area contributed by atoms with Crippen molar-refractivity contribution in [3.8, 4) is 5.75 Å². The average Bonchev–Trinajstić information content (AvgIpc) is 2.55. The number of hydrogen-bond donors (Lipinski definition) is 1. The lowest BCUT2D eigenvalue weighted by Crippen LogP contribution is -2.60. The van der Waals surface area contributed by atoms with E-state index in [0.717, 1.165) is 11.3 Å². The Kier molecular flexibility index (Phi) is 5.93. The molecule has 0 spiro atoms. The molecule has 0 radical (unpaired) electrons. The van der Waals surface area contributed by atoms with Crippen LogP contribution in [0.5, 0.6) is 5.75 Å². The van der Waals surface area contributed by atoms with Crippen molar-refractivity contribution in [3.63, 3.8) is 0 Å². The van der Waals surface area contributed by atoms with Crippen molar-refractivity contribution in [1.82, 2.24) is 4.90 Å². The zero-order valence-corrected chi connectivity index (χ0v) is 15.9. The van der Waals surface area contributed by atoms with Crippen LogP contribution in [0.1, 0.15) is 33.3 Å². The van der Waals surface area contributed by atoms with Crippen LogP contribution in [0.3, 0.4) is 0 Å². The van der Waals surface area contributed by atoms with Crippen LogP contribution in [0.4, 0.5) is 0 Å². The molecule has 144 valence electrons. The van der Waals surface area contributed by atoms with Gasteiger partial charge in [0.05, 0.1) is 13.7 Å². The molecule has 1 aromatic rings. The molecule has 7 nitrogen and oxygen atoms in total. The van der Waals surface area contributed by atoms with E-state index in [-0.39, 0.29) is 6.61 Å². The molecule has 2 atom stereocenters. The minimum Gasteiger partial charge on any atom is -0.497 e. The zero-order chi connectivity index (χ0) is 19.5. The van der Waals surface area contributed by atoms with Gasteiger partial charge in [0.15, 0.2) is 11.7 Å². The number of nitrogens with zero attached hydrogens (tertiary/aromatic N) is 1. The first-order valence-electron chi connectivity index (χ1n) is 8.54. The number of hydrogen-bond acceptors (Lipinski definition) is 6. The van der Waals surface area contributed by atoms with Gasteiger partial charge in [-0.2, -0.15) is 0 Å². The molecule has 7 heteroatoms. The molecule has 2 unspecified atom stereocenters. The topological polar surface area (TPSA) is 85.3 Å². The van der Waals surface area contributed by atoms with Crippen LogP contribution in [0.2, 0.25) is 0 Å². The molecule has 1 saturated heterocycles. The molecule has 1 amide bonds. The normalized spacial score (nSPS) is 20.5. The highest BCUT2D eigenvalue weighted by Crippen LogP contribution is 2.25. The summed E-state index contributed by atoms with van der Waals surface area (Å²) in [6.45, 7) is 7.30. The number of morpholine rings is 1. The zero-order valence-electron chi connectivity index (χ0n) is 15.9. The fourth-order valence-corrected chi connectivity index (χ4v) is 2.63. The van der Waals surface area contributed by atoms with Crippen LogP contribution < -0.4 is 4.74 Å². The van der Waals surface area contributed by atoms with Crippen LogP contribution in [0, 0.1) is 0 Å². The largest absolute Gasteiger partial charge is 0.497 e. The van der Waals surface area contributed by atoms with Crippen LogP contribution in [0.15, 0.2) is 24.3 Å². The molecule has 0 saturated carbocycles. The summed E-state index contributed by atoms with van der Waals surface area (Å²) >= 11 is 0. The molecule has 1 aliphatic heterocycles. The molecule has 1 fully saturated rings. The van der Waals surface area contributed by atoms with Gasteiger partial charge < -0.3 is 24.2 Å². The van der Waals surface area contributed by atoms with Crippen LogP contribution >= 0.6 is 0 Å². The summed E-state index contributed by atoms with van der Waals surface area (Å²) in [4.78, 5) is 26.7. The van der Waals surface area contributed by atoms with Gasteiger partial charge in [0.1, 0.15) is 11.4 Å². The minimum atomic E-state index is -2.07. The van der Waals surface area contributed by atoms with Crippen LogP contribution in [-0.4, -0.2) is 59.5 Å². The van der Waals surface area contributed by atoms with Gasteiger partial charge in [0.25, 0.3) is 5.91 Å². The summed E-state index contributed by atoms with van der Waals surface area (Å²) < 4.78 is 15.8. The van der Waals surface area contributed by atoms with Crippen molar-refractivity contribution in [2.45, 2.75) is 51.5 Å². The van der Waals surface area contributed by atoms with Crippen LogP contribution in [0.25, 0.3) is 0 Å². The average molecular weight is 365 g/mol. The fourth-order valence-electron chi connectivity index (χ4n) is 2.63. The van der Waals surface area contributed by atoms with E-state index in [4.69, 9.17) is 14.2 Å². The third kappa shape index (κ3) is 4.74. The Labute approximate surface area is 153 Å². The summed E-state index contributed by atoms with van der Waals surface area (Å²) in [6.07, 6.45) is -1.30. The molecular weight excluding hydrogens is 338 g/mol. The molecule has 1 aromatic carbocycles. The van der Waals surface area contributed by atoms with Gasteiger partial charge in [0, 0.05) is 13.1 Å². The second-order valence-corrected chi connectivity index (χ2v) is 7.51. The predicted molar refractivity (Wildman–Crippen MR) is 94.6 cm³/mol. The van der Waals surface area contributed by atoms with Crippen molar-refractivity contribution in [3.05, 3.63) is 29.8 Å². The maximum absolute atomic E-state index is 12.8. The molecule has 1 aliphatic rings. The maximum atomic E-state index is 12.8. The van der Waals surface area contributed by atoms with Crippen molar-refractivity contribution < 1.29 is 28.9 Å². The first-order chi connectivity index (χ1) is 12.0. The standard InChI is InChI=1S/C19H27NO6/c1-18(2,3)26-17(22)19(4,23)15-16(21)20(10-11-25-15)12-13-6-8-14(24-5)9-7-13/h6-9,15,23H,10-12H2,1-5H3. The number of carbonyl (C=O) groups is 2. The maximum Gasteiger partial charge on any atom is 0.341 e. The van der Waals surface area contributed by atoms with Gasteiger partial charge in [-0.15, -0.1) is 0 Å². The fraction of sp³-hybridized carbons (Fsp3) is 0.579. The molecule has 2 rings (SSSR count). The number of rotatable bonds is 5. The van der Waals surface area contributed by atoms with Gasteiger partial charge in [-0.25, -0.2) is 4.79 Å². The molecule has 0 aliphatic carbocycles. The summed E-state index contributed by atoms with van der Waals surface area (Å²) in [7, 11) is 1.59. The SMILES string of the molecule is COc1ccc(CN2CCOC(C(C)(O)C(=O)OC(C)(C)C)C2=O)cc1. The summed E-state index contributed by atoms with van der Waals surface area (Å²) in [5.74, 6) is -0.592. The van der Waals surface area contributed by atoms with E-state index in [1.807, 2.05) is 24.3 Å². The number of carbonyl (C=O) groups excluding carboxylic acids is 2. The number of amides is 1. The molecule has 0 aromatic heterocycles. The van der Waals surface area contributed by atoms with E-state index >= 15 is 0 Å². The Balaban J connectivity index is 2.11. The monoisotopic (exact) mass is 365 g/mol. The number of benzene rings is 1. The highest BCUT2D eigenvalue weighted by Gasteiger charge is 2.50. The van der Waals surface area contributed by atoms with E-state index in [9.17, 15) is 14.7 Å². The lowest BCUT2D eigenvalue weighted by atomic mass is 9.96. The summed E-state index contributed by atoms with van der Waals surface area (Å²) in [5.41, 5.74) is -1.93. The number of methoxy groups -OCH3 is 1. The Bertz CT molecular complexity index is 647. The summed E-state index contributed by atoms with van der Waals surface area (Å²) in [5, 5.41) is 10.6. The quantitative estimate of drug-likeness (QED) is 0.797. The van der Waals surface area contributed by atoms with Gasteiger partial charge in [-0.3, -0.25) is 4.79 Å². The molecule has 1 heterocycles.